The van der Waals surface area contributed by atoms with E-state index in [4.69, 9.17) is 0 Å². The van der Waals surface area contributed by atoms with Crippen molar-refractivity contribution < 1.29 is 4.79 Å². The molecule has 0 aliphatic rings. The van der Waals surface area contributed by atoms with E-state index in [2.05, 4.69) is 29.1 Å². The normalized spacial score (nSPS) is 10.5. The van der Waals surface area contributed by atoms with Crippen molar-refractivity contribution in [2.75, 3.05) is 5.32 Å². The van der Waals surface area contributed by atoms with E-state index in [1.807, 2.05) is 24.3 Å². The molecule has 1 amide bonds. The van der Waals surface area contributed by atoms with E-state index < -0.39 is 5.91 Å². The summed E-state index contributed by atoms with van der Waals surface area (Å²) in [6.07, 6.45) is 1.21. The van der Waals surface area contributed by atoms with Crippen molar-refractivity contribution in [3.05, 3.63) is 58.3 Å². The number of carbonyl (C=O) groups excluding carboxylic acids is 1. The van der Waals surface area contributed by atoms with Crippen LogP contribution in [0.2, 0.25) is 0 Å². The van der Waals surface area contributed by atoms with Crippen LogP contribution in [0.1, 0.15) is 35.8 Å². The Hall–Kier alpha value is -2.43. The Morgan fingerprint density at radius 3 is 2.53 bits per heavy atom. The topological polar surface area (TPSA) is 74.8 Å². The van der Waals surface area contributed by atoms with Crippen molar-refractivity contribution in [2.45, 2.75) is 19.8 Å². The first-order chi connectivity index (χ1) is 9.06. The van der Waals surface area contributed by atoms with Gasteiger partial charge in [-0.1, -0.05) is 26.0 Å². The zero-order valence-corrected chi connectivity index (χ0v) is 10.8. The second kappa shape index (κ2) is 5.48. The van der Waals surface area contributed by atoms with Gasteiger partial charge in [-0.2, -0.15) is 0 Å². The summed E-state index contributed by atoms with van der Waals surface area (Å²) in [6, 6.07) is 8.76. The molecule has 0 spiro atoms. The van der Waals surface area contributed by atoms with E-state index >= 15 is 0 Å². The molecule has 2 aromatic rings. The minimum absolute atomic E-state index is 0.0942. The molecule has 1 heterocycles. The van der Waals surface area contributed by atoms with E-state index in [0.29, 0.717) is 11.6 Å². The molecule has 0 saturated carbocycles. The van der Waals surface area contributed by atoms with Crippen LogP contribution in [0, 0.1) is 0 Å². The second-order valence-electron chi connectivity index (χ2n) is 4.53. The van der Waals surface area contributed by atoms with Gasteiger partial charge in [-0.05, 0) is 23.6 Å². The molecule has 1 aromatic carbocycles. The maximum atomic E-state index is 11.9. The highest BCUT2D eigenvalue weighted by Gasteiger charge is 2.08. The Labute approximate surface area is 110 Å². The number of aromatic nitrogens is 2. The molecule has 0 bridgehead atoms. The van der Waals surface area contributed by atoms with Gasteiger partial charge in [-0.25, -0.2) is 4.98 Å². The van der Waals surface area contributed by atoms with Crippen LogP contribution in [0.4, 0.5) is 5.69 Å². The lowest BCUT2D eigenvalue weighted by atomic mass is 10.0. The molecule has 19 heavy (non-hydrogen) atoms. The fraction of sp³-hybridized carbons (Fsp3) is 0.214. The monoisotopic (exact) mass is 257 g/mol. The number of hydrogen-bond acceptors (Lipinski definition) is 3. The Kier molecular flexibility index (Phi) is 3.75. The molecule has 0 unspecified atom stereocenters. The van der Waals surface area contributed by atoms with E-state index in [0.717, 1.165) is 6.07 Å². The van der Waals surface area contributed by atoms with Crippen molar-refractivity contribution >= 4 is 11.6 Å². The number of nitrogens with zero attached hydrogens (tertiary/aromatic N) is 1. The highest BCUT2D eigenvalue weighted by molar-refractivity contribution is 6.02. The minimum atomic E-state index is -0.400. The first kappa shape index (κ1) is 13.0. The molecule has 98 valence electrons. The molecule has 0 aliphatic carbocycles. The molecule has 2 N–H and O–H groups in total. The average Bonchev–Trinajstić information content (AvgIpc) is 2.39. The fourth-order valence-electron chi connectivity index (χ4n) is 1.64. The van der Waals surface area contributed by atoms with Crippen LogP contribution in [0.25, 0.3) is 0 Å². The van der Waals surface area contributed by atoms with Crippen LogP contribution in [0.15, 0.2) is 41.5 Å². The molecule has 5 heteroatoms. The summed E-state index contributed by atoms with van der Waals surface area (Å²) >= 11 is 0. The molecule has 1 aromatic heterocycles. The van der Waals surface area contributed by atoms with Crippen molar-refractivity contribution in [2.24, 2.45) is 0 Å². The lowest BCUT2D eigenvalue weighted by Gasteiger charge is -2.08. The molecule has 0 radical (unpaired) electrons. The average molecular weight is 257 g/mol. The second-order valence-corrected chi connectivity index (χ2v) is 4.53. The van der Waals surface area contributed by atoms with Gasteiger partial charge in [-0.3, -0.25) is 9.59 Å². The summed E-state index contributed by atoms with van der Waals surface area (Å²) < 4.78 is 0. The summed E-state index contributed by atoms with van der Waals surface area (Å²) in [5, 5.41) is 2.70. The van der Waals surface area contributed by atoms with Gasteiger partial charge in [0.25, 0.3) is 11.5 Å². The predicted octanol–water partition coefficient (Wildman–Crippen LogP) is 2.15. The molecular formula is C14H15N3O2. The summed E-state index contributed by atoms with van der Waals surface area (Å²) in [5.74, 6) is 0.0440. The maximum absolute atomic E-state index is 11.9. The molecule has 0 aliphatic heterocycles. The summed E-state index contributed by atoms with van der Waals surface area (Å²) in [6.45, 7) is 4.21. The summed E-state index contributed by atoms with van der Waals surface area (Å²) in [4.78, 5) is 29.1. The van der Waals surface area contributed by atoms with E-state index in [-0.39, 0.29) is 11.3 Å². The first-order valence-corrected chi connectivity index (χ1v) is 6.02. The lowest BCUT2D eigenvalue weighted by Crippen LogP contribution is -2.17. The number of H-pyrrole nitrogens is 1. The van der Waals surface area contributed by atoms with Crippen molar-refractivity contribution in [1.82, 2.24) is 9.97 Å². The Morgan fingerprint density at radius 2 is 1.95 bits per heavy atom. The van der Waals surface area contributed by atoms with Gasteiger partial charge >= 0.3 is 0 Å². The summed E-state index contributed by atoms with van der Waals surface area (Å²) in [5.41, 5.74) is 1.62. The Balaban J connectivity index is 2.13. The third-order valence-corrected chi connectivity index (χ3v) is 2.75. The number of nitrogens with one attached hydrogen (secondary N) is 2. The van der Waals surface area contributed by atoms with Crippen molar-refractivity contribution in [1.29, 1.82) is 0 Å². The maximum Gasteiger partial charge on any atom is 0.274 e. The van der Waals surface area contributed by atoms with Gasteiger partial charge < -0.3 is 10.3 Å². The SMILES string of the molecule is CC(C)c1ccc(NC(=O)c2cc(=O)[nH]cn2)cc1. The van der Waals surface area contributed by atoms with Gasteiger partial charge in [0.05, 0.1) is 6.33 Å². The lowest BCUT2D eigenvalue weighted by molar-refractivity contribution is 0.102. The number of hydrogen-bond donors (Lipinski definition) is 2. The van der Waals surface area contributed by atoms with Crippen LogP contribution in [0.5, 0.6) is 0 Å². The van der Waals surface area contributed by atoms with Crippen LogP contribution in [-0.2, 0) is 0 Å². The number of benzene rings is 1. The molecular weight excluding hydrogens is 242 g/mol. The van der Waals surface area contributed by atoms with Gasteiger partial charge in [0.1, 0.15) is 5.69 Å². The zero-order chi connectivity index (χ0) is 13.8. The molecule has 0 saturated heterocycles. The highest BCUT2D eigenvalue weighted by atomic mass is 16.2. The minimum Gasteiger partial charge on any atom is -0.321 e. The Morgan fingerprint density at radius 1 is 1.26 bits per heavy atom. The van der Waals surface area contributed by atoms with Crippen LogP contribution in [-0.4, -0.2) is 15.9 Å². The van der Waals surface area contributed by atoms with Gasteiger partial charge in [-0.15, -0.1) is 0 Å². The van der Waals surface area contributed by atoms with Gasteiger partial charge in [0, 0.05) is 11.8 Å². The molecule has 5 nitrogen and oxygen atoms in total. The molecule has 2 rings (SSSR count). The fourth-order valence-corrected chi connectivity index (χ4v) is 1.64. The molecule has 0 fully saturated rings. The largest absolute Gasteiger partial charge is 0.321 e. The quantitative estimate of drug-likeness (QED) is 0.884. The molecule has 0 atom stereocenters. The van der Waals surface area contributed by atoms with Crippen LogP contribution >= 0.6 is 0 Å². The number of aromatic amines is 1. The summed E-state index contributed by atoms with van der Waals surface area (Å²) in [7, 11) is 0. The third kappa shape index (κ3) is 3.28. The zero-order valence-electron chi connectivity index (χ0n) is 10.8. The predicted molar refractivity (Wildman–Crippen MR) is 73.3 cm³/mol. The van der Waals surface area contributed by atoms with Crippen molar-refractivity contribution in [3.63, 3.8) is 0 Å². The number of amides is 1. The van der Waals surface area contributed by atoms with Crippen molar-refractivity contribution in [3.8, 4) is 0 Å². The highest BCUT2D eigenvalue weighted by Crippen LogP contribution is 2.17. The number of rotatable bonds is 3. The number of carbonyl (C=O) groups is 1. The van der Waals surface area contributed by atoms with Gasteiger partial charge in [0.2, 0.25) is 0 Å². The Bertz CT molecular complexity index is 630. The van der Waals surface area contributed by atoms with E-state index in [9.17, 15) is 9.59 Å². The first-order valence-electron chi connectivity index (χ1n) is 6.02. The third-order valence-electron chi connectivity index (χ3n) is 2.75. The van der Waals surface area contributed by atoms with Gasteiger partial charge in [0.15, 0.2) is 0 Å². The van der Waals surface area contributed by atoms with Crippen LogP contribution < -0.4 is 10.9 Å². The van der Waals surface area contributed by atoms with Crippen LogP contribution in [0.3, 0.4) is 0 Å². The number of anilines is 1. The van der Waals surface area contributed by atoms with E-state index in [1.165, 1.54) is 11.9 Å². The standard InChI is InChI=1S/C14H15N3O2/c1-9(2)10-3-5-11(6-4-10)17-14(19)12-7-13(18)16-8-15-12/h3-9H,1-2H3,(H,17,19)(H,15,16,18). The smallest absolute Gasteiger partial charge is 0.274 e. The van der Waals surface area contributed by atoms with E-state index in [1.54, 1.807) is 0 Å².